The fourth-order valence-corrected chi connectivity index (χ4v) is 3.71. The summed E-state index contributed by atoms with van der Waals surface area (Å²) in [6.45, 7) is 7.53. The number of rotatable bonds is 5. The van der Waals surface area contributed by atoms with Crippen LogP contribution in [0.2, 0.25) is 5.02 Å². The molecule has 10 heteroatoms. The van der Waals surface area contributed by atoms with E-state index in [1.807, 2.05) is 20.8 Å². The van der Waals surface area contributed by atoms with Crippen molar-refractivity contribution in [3.63, 3.8) is 0 Å². The third kappa shape index (κ3) is 4.75. The number of anilines is 1. The Labute approximate surface area is 176 Å². The highest BCUT2D eigenvalue weighted by Gasteiger charge is 2.27. The first-order valence-electron chi connectivity index (χ1n) is 8.99. The molecule has 8 nitrogen and oxygen atoms in total. The number of halogens is 1. The summed E-state index contributed by atoms with van der Waals surface area (Å²) in [6.07, 6.45) is -0.673. The number of amides is 2. The van der Waals surface area contributed by atoms with Crippen LogP contribution in [0.15, 0.2) is 24.3 Å². The van der Waals surface area contributed by atoms with Crippen LogP contribution >= 0.6 is 22.9 Å². The Balaban J connectivity index is 1.96. The van der Waals surface area contributed by atoms with Gasteiger partial charge in [0.2, 0.25) is 0 Å². The number of aliphatic hydroxyl groups is 1. The molecular weight excluding hydrogens is 414 g/mol. The third-order valence-corrected chi connectivity index (χ3v) is 5.14. The minimum atomic E-state index is -0.673. The summed E-state index contributed by atoms with van der Waals surface area (Å²) in [5, 5.41) is 20.1. The summed E-state index contributed by atoms with van der Waals surface area (Å²) in [6, 6.07) is 6.60. The van der Waals surface area contributed by atoms with Gasteiger partial charge in [-0.15, -0.1) is 0 Å². The molecule has 1 aromatic carbocycles. The zero-order valence-corrected chi connectivity index (χ0v) is 18.1. The van der Waals surface area contributed by atoms with Crippen molar-refractivity contribution in [3.05, 3.63) is 40.5 Å². The van der Waals surface area contributed by atoms with Crippen LogP contribution in [0.3, 0.4) is 0 Å². The predicted molar refractivity (Wildman–Crippen MR) is 114 cm³/mol. The highest BCUT2D eigenvalue weighted by molar-refractivity contribution is 7.22. The van der Waals surface area contributed by atoms with Gasteiger partial charge in [0.15, 0.2) is 16.5 Å². The standard InChI is InChI=1S/C19H22ClN5O3S/c1-10(26)9-21-17(28)13-14-15(25(24-13)19(2,3)4)22-18(29-14)23-16(27)11-6-5-7-12(20)8-11/h5-8,10,26H,9H2,1-4H3,(H,21,28)(H,22,23,27)/t10-/m0/s1. The molecule has 2 amide bonds. The molecule has 0 bridgehead atoms. The molecule has 0 spiro atoms. The van der Waals surface area contributed by atoms with Gasteiger partial charge < -0.3 is 10.4 Å². The second-order valence-corrected chi connectivity index (χ2v) is 9.06. The molecule has 0 fully saturated rings. The number of nitrogens with one attached hydrogen (secondary N) is 2. The first-order valence-corrected chi connectivity index (χ1v) is 10.2. The Bertz CT molecular complexity index is 1070. The molecule has 3 aromatic rings. The average molecular weight is 436 g/mol. The van der Waals surface area contributed by atoms with Gasteiger partial charge in [-0.05, 0) is 45.9 Å². The van der Waals surface area contributed by atoms with Crippen LogP contribution in [0.5, 0.6) is 0 Å². The Morgan fingerprint density at radius 3 is 2.66 bits per heavy atom. The monoisotopic (exact) mass is 435 g/mol. The normalized spacial score (nSPS) is 12.8. The van der Waals surface area contributed by atoms with Crippen LogP contribution in [-0.2, 0) is 5.54 Å². The number of benzene rings is 1. The van der Waals surface area contributed by atoms with E-state index >= 15 is 0 Å². The lowest BCUT2D eigenvalue weighted by molar-refractivity contribution is 0.0918. The number of carbonyl (C=O) groups excluding carboxylic acids is 2. The molecule has 154 valence electrons. The fourth-order valence-electron chi connectivity index (χ4n) is 2.60. The number of hydrogen-bond acceptors (Lipinski definition) is 6. The van der Waals surface area contributed by atoms with Crippen LogP contribution in [-0.4, -0.2) is 44.3 Å². The highest BCUT2D eigenvalue weighted by Crippen LogP contribution is 2.32. The smallest absolute Gasteiger partial charge is 0.273 e. The van der Waals surface area contributed by atoms with Crippen molar-refractivity contribution in [2.24, 2.45) is 0 Å². The number of hydrogen-bond donors (Lipinski definition) is 3. The van der Waals surface area contributed by atoms with Crippen molar-refractivity contribution in [2.75, 3.05) is 11.9 Å². The molecule has 0 unspecified atom stereocenters. The zero-order valence-electron chi connectivity index (χ0n) is 16.5. The van der Waals surface area contributed by atoms with E-state index in [2.05, 4.69) is 20.7 Å². The molecule has 3 N–H and O–H groups in total. The fraction of sp³-hybridized carbons (Fsp3) is 0.368. The van der Waals surface area contributed by atoms with Gasteiger partial charge in [0.05, 0.1) is 11.6 Å². The maximum Gasteiger partial charge on any atom is 0.273 e. The van der Waals surface area contributed by atoms with Gasteiger partial charge in [-0.3, -0.25) is 14.9 Å². The van der Waals surface area contributed by atoms with Crippen LogP contribution < -0.4 is 10.6 Å². The molecule has 2 heterocycles. The minimum Gasteiger partial charge on any atom is -0.392 e. The lowest BCUT2D eigenvalue weighted by Gasteiger charge is -2.19. The molecule has 0 aliphatic carbocycles. The van der Waals surface area contributed by atoms with Gasteiger partial charge in [-0.2, -0.15) is 10.1 Å². The molecule has 0 saturated carbocycles. The maximum atomic E-state index is 12.6. The van der Waals surface area contributed by atoms with E-state index in [1.54, 1.807) is 35.9 Å². The van der Waals surface area contributed by atoms with Crippen LogP contribution in [0.25, 0.3) is 10.3 Å². The van der Waals surface area contributed by atoms with E-state index in [0.29, 0.717) is 26.1 Å². The van der Waals surface area contributed by atoms with Crippen molar-refractivity contribution in [1.29, 1.82) is 0 Å². The largest absolute Gasteiger partial charge is 0.392 e. The van der Waals surface area contributed by atoms with Gasteiger partial charge in [0.1, 0.15) is 4.70 Å². The molecule has 3 rings (SSSR count). The summed E-state index contributed by atoms with van der Waals surface area (Å²) < 4.78 is 2.22. The molecule has 0 radical (unpaired) electrons. The maximum absolute atomic E-state index is 12.6. The lowest BCUT2D eigenvalue weighted by Crippen LogP contribution is -2.31. The molecule has 29 heavy (non-hydrogen) atoms. The number of fused-ring (bicyclic) bond motifs is 1. The first kappa shape index (κ1) is 21.2. The number of nitrogens with zero attached hydrogens (tertiary/aromatic N) is 3. The Kier molecular flexibility index (Phi) is 5.92. The first-order chi connectivity index (χ1) is 13.6. The molecule has 1 atom stereocenters. The molecular formula is C19H22ClN5O3S. The SMILES string of the molecule is C[C@H](O)CNC(=O)c1nn(C(C)(C)C)c2nc(NC(=O)c3cccc(Cl)c3)sc12. The van der Waals surface area contributed by atoms with E-state index in [4.69, 9.17) is 11.6 Å². The van der Waals surface area contributed by atoms with Gasteiger partial charge in [0.25, 0.3) is 11.8 Å². The van der Waals surface area contributed by atoms with E-state index in [-0.39, 0.29) is 18.1 Å². The highest BCUT2D eigenvalue weighted by atomic mass is 35.5. The Morgan fingerprint density at radius 2 is 2.03 bits per heavy atom. The third-order valence-electron chi connectivity index (χ3n) is 3.94. The minimum absolute atomic E-state index is 0.111. The molecule has 0 aliphatic heterocycles. The van der Waals surface area contributed by atoms with Crippen molar-refractivity contribution < 1.29 is 14.7 Å². The van der Waals surface area contributed by atoms with Crippen molar-refractivity contribution in [2.45, 2.75) is 39.3 Å². The molecule has 0 aliphatic rings. The van der Waals surface area contributed by atoms with E-state index < -0.39 is 17.6 Å². The number of aromatic nitrogens is 3. The van der Waals surface area contributed by atoms with Gasteiger partial charge in [-0.1, -0.05) is 29.0 Å². The number of aliphatic hydroxyl groups excluding tert-OH is 1. The quantitative estimate of drug-likeness (QED) is 0.569. The number of carbonyl (C=O) groups is 2. The summed E-state index contributed by atoms with van der Waals surface area (Å²) >= 11 is 7.12. The van der Waals surface area contributed by atoms with Crippen molar-refractivity contribution >= 4 is 50.2 Å². The van der Waals surface area contributed by atoms with Gasteiger partial charge in [0, 0.05) is 17.1 Å². The van der Waals surface area contributed by atoms with Crippen molar-refractivity contribution in [3.8, 4) is 0 Å². The van der Waals surface area contributed by atoms with Gasteiger partial charge in [-0.25, -0.2) is 4.68 Å². The van der Waals surface area contributed by atoms with E-state index in [0.717, 1.165) is 0 Å². The Hall–Kier alpha value is -2.49. The Morgan fingerprint density at radius 1 is 1.31 bits per heavy atom. The lowest BCUT2D eigenvalue weighted by atomic mass is 10.1. The summed E-state index contributed by atoms with van der Waals surface area (Å²) in [7, 11) is 0. The van der Waals surface area contributed by atoms with E-state index in [1.165, 1.54) is 11.3 Å². The summed E-state index contributed by atoms with van der Waals surface area (Å²) in [5.74, 6) is -0.755. The van der Waals surface area contributed by atoms with Crippen molar-refractivity contribution in [1.82, 2.24) is 20.1 Å². The molecule has 0 saturated heterocycles. The number of thiazole rings is 1. The summed E-state index contributed by atoms with van der Waals surface area (Å²) in [4.78, 5) is 29.6. The second-order valence-electron chi connectivity index (χ2n) is 7.63. The van der Waals surface area contributed by atoms with Crippen LogP contribution in [0, 0.1) is 0 Å². The topological polar surface area (TPSA) is 109 Å². The van der Waals surface area contributed by atoms with E-state index in [9.17, 15) is 14.7 Å². The molecule has 2 aromatic heterocycles. The second kappa shape index (κ2) is 8.10. The van der Waals surface area contributed by atoms with Gasteiger partial charge >= 0.3 is 0 Å². The predicted octanol–water partition coefficient (Wildman–Crippen LogP) is 3.26. The summed E-state index contributed by atoms with van der Waals surface area (Å²) in [5.41, 5.74) is 0.690. The average Bonchev–Trinajstić information content (AvgIpc) is 3.17. The van der Waals surface area contributed by atoms with Crippen LogP contribution in [0.1, 0.15) is 48.5 Å². The zero-order chi connectivity index (χ0) is 21.3. The van der Waals surface area contributed by atoms with Crippen LogP contribution in [0.4, 0.5) is 5.13 Å².